The van der Waals surface area contributed by atoms with Crippen LogP contribution >= 0.6 is 17.0 Å². The molecular formula is C28H34Cl2Si2Zr. The van der Waals surface area contributed by atoms with Crippen LogP contribution in [0.15, 0.2) is 60.7 Å². The van der Waals surface area contributed by atoms with Gasteiger partial charge in [0.15, 0.2) is 0 Å². The summed E-state index contributed by atoms with van der Waals surface area (Å²) in [6.45, 7) is 7.51. The molecule has 0 spiro atoms. The van der Waals surface area contributed by atoms with E-state index in [1.165, 1.54) is 59.3 Å². The Labute approximate surface area is 208 Å². The molecule has 0 aromatic heterocycles. The first kappa shape index (κ1) is 23.1. The molecule has 2 heterocycles. The van der Waals surface area contributed by atoms with Crippen LogP contribution in [0.4, 0.5) is 0 Å². The fraction of sp³-hybridized carbons (Fsp3) is 0.393. The molecule has 2 aliphatic heterocycles. The molecule has 2 aromatic carbocycles. The van der Waals surface area contributed by atoms with E-state index in [9.17, 15) is 0 Å². The molecule has 6 rings (SSSR count). The topological polar surface area (TPSA) is 0 Å². The van der Waals surface area contributed by atoms with Crippen molar-refractivity contribution in [1.29, 1.82) is 0 Å². The summed E-state index contributed by atoms with van der Waals surface area (Å²) in [7, 11) is 13.7. The van der Waals surface area contributed by atoms with Gasteiger partial charge in [-0.15, -0.1) is 0 Å². The molecule has 0 N–H and O–H groups in total. The minimum absolute atomic E-state index is 0.158. The first-order chi connectivity index (χ1) is 15.7. The predicted octanol–water partition coefficient (Wildman–Crippen LogP) is 8.69. The van der Waals surface area contributed by atoms with Crippen LogP contribution in [0.25, 0.3) is 12.2 Å². The molecule has 2 fully saturated rings. The van der Waals surface area contributed by atoms with Gasteiger partial charge in [-0.3, -0.25) is 0 Å². The monoisotopic (exact) mass is 586 g/mol. The molecule has 2 aromatic rings. The van der Waals surface area contributed by atoms with E-state index in [0.29, 0.717) is 0 Å². The molecule has 4 aliphatic rings. The van der Waals surface area contributed by atoms with Gasteiger partial charge >= 0.3 is 210 Å². The van der Waals surface area contributed by atoms with Crippen LogP contribution in [0.5, 0.6) is 0 Å². The van der Waals surface area contributed by atoms with Crippen molar-refractivity contribution in [2.24, 2.45) is 0 Å². The number of hydrogen-bond acceptors (Lipinski definition) is 0. The van der Waals surface area contributed by atoms with Crippen molar-refractivity contribution in [2.75, 3.05) is 0 Å². The number of hydrogen-bond donors (Lipinski definition) is 0. The van der Waals surface area contributed by atoms with Crippen LogP contribution in [-0.4, -0.2) is 19.9 Å². The first-order valence-corrected chi connectivity index (χ1v) is 28.7. The maximum absolute atomic E-state index is 8.64. The predicted molar refractivity (Wildman–Crippen MR) is 149 cm³/mol. The van der Waals surface area contributed by atoms with E-state index < -0.39 is 32.1 Å². The molecular weight excluding hydrogens is 555 g/mol. The van der Waals surface area contributed by atoms with Crippen molar-refractivity contribution in [3.63, 3.8) is 0 Å². The SMILES string of the molecule is C[CH]=[Zr]([Cl])([Cl])([C]1([Si]2(C)CCC2)C=Cc2ccccc21)[C]1([Si]2(C)CCC2)C=Cc2ccccc21. The first-order valence-electron chi connectivity index (χ1n) is 12.6. The zero-order valence-corrected chi connectivity index (χ0v) is 26.0. The molecule has 0 radical (unpaired) electrons. The van der Waals surface area contributed by atoms with E-state index in [0.717, 1.165) is 0 Å². The Morgan fingerprint density at radius 2 is 1.12 bits per heavy atom. The number of rotatable bonds is 4. The van der Waals surface area contributed by atoms with Crippen molar-refractivity contribution < 1.29 is 15.9 Å². The van der Waals surface area contributed by atoms with Crippen LogP contribution in [0.2, 0.25) is 37.3 Å². The van der Waals surface area contributed by atoms with Crippen LogP contribution in [-0.2, 0) is 21.4 Å². The van der Waals surface area contributed by atoms with Gasteiger partial charge in [0.05, 0.1) is 0 Å². The third kappa shape index (κ3) is 2.41. The maximum atomic E-state index is 8.64. The van der Waals surface area contributed by atoms with Crippen LogP contribution in [0, 0.1) is 0 Å². The van der Waals surface area contributed by atoms with Gasteiger partial charge in [-0.1, -0.05) is 0 Å². The average molecular weight is 589 g/mol. The number of halogens is 2. The minimum atomic E-state index is -4.92. The molecule has 2 unspecified atom stereocenters. The molecule has 5 heteroatoms. The summed E-state index contributed by atoms with van der Waals surface area (Å²) in [5.74, 6) is 0. The van der Waals surface area contributed by atoms with Crippen molar-refractivity contribution in [1.82, 2.24) is 0 Å². The molecule has 0 nitrogen and oxygen atoms in total. The van der Waals surface area contributed by atoms with Crippen molar-refractivity contribution in [2.45, 2.75) is 62.5 Å². The van der Waals surface area contributed by atoms with Gasteiger partial charge in [0.2, 0.25) is 0 Å². The Kier molecular flexibility index (Phi) is 4.99. The van der Waals surface area contributed by atoms with E-state index in [2.05, 4.69) is 96.6 Å². The van der Waals surface area contributed by atoms with Crippen molar-refractivity contribution >= 4 is 49.0 Å². The molecule has 0 bridgehead atoms. The van der Waals surface area contributed by atoms with Crippen LogP contribution < -0.4 is 0 Å². The van der Waals surface area contributed by atoms with Gasteiger partial charge in [-0.2, -0.15) is 0 Å². The summed E-state index contributed by atoms with van der Waals surface area (Å²) >= 11 is -4.92. The second-order valence-electron chi connectivity index (χ2n) is 11.7. The molecule has 2 saturated heterocycles. The molecule has 2 atom stereocenters. The Morgan fingerprint density at radius 1 is 0.727 bits per heavy atom. The van der Waals surface area contributed by atoms with Crippen LogP contribution in [0.3, 0.4) is 0 Å². The van der Waals surface area contributed by atoms with Gasteiger partial charge < -0.3 is 0 Å². The molecule has 2 aliphatic carbocycles. The number of allylic oxidation sites excluding steroid dienone is 2. The van der Waals surface area contributed by atoms with Gasteiger partial charge in [-0.25, -0.2) is 0 Å². The Hall–Kier alpha value is -0.313. The van der Waals surface area contributed by atoms with E-state index in [-0.39, 0.29) is 5.49 Å². The Bertz CT molecular complexity index is 1200. The van der Waals surface area contributed by atoms with E-state index in [1.807, 2.05) is 0 Å². The number of benzene rings is 2. The van der Waals surface area contributed by atoms with Gasteiger partial charge in [0, 0.05) is 0 Å². The van der Waals surface area contributed by atoms with Gasteiger partial charge in [0.1, 0.15) is 0 Å². The zero-order chi connectivity index (χ0) is 23.2. The van der Waals surface area contributed by atoms with Gasteiger partial charge in [-0.05, 0) is 0 Å². The average Bonchev–Trinajstić information content (AvgIpc) is 3.38. The summed E-state index contributed by atoms with van der Waals surface area (Å²) < 4.78 is 2.14. The molecule has 0 saturated carbocycles. The third-order valence-electron chi connectivity index (χ3n) is 10.6. The van der Waals surface area contributed by atoms with E-state index in [1.54, 1.807) is 0 Å². The fourth-order valence-electron chi connectivity index (χ4n) is 8.54. The zero-order valence-electron chi connectivity index (χ0n) is 20.0. The third-order valence-corrected chi connectivity index (χ3v) is 61.3. The Balaban J connectivity index is 1.78. The summed E-state index contributed by atoms with van der Waals surface area (Å²) in [5, 5.41) is 0. The van der Waals surface area contributed by atoms with Crippen LogP contribution in [0.1, 0.15) is 42.0 Å². The van der Waals surface area contributed by atoms with Crippen molar-refractivity contribution in [3.8, 4) is 0 Å². The second-order valence-corrected chi connectivity index (χ2v) is 45.0. The summed E-state index contributed by atoms with van der Waals surface area (Å²) in [4.78, 5) is 0. The molecule has 0 amide bonds. The summed E-state index contributed by atoms with van der Waals surface area (Å²) in [6.07, 6.45) is 12.6. The Morgan fingerprint density at radius 3 is 1.45 bits per heavy atom. The molecule has 33 heavy (non-hydrogen) atoms. The van der Waals surface area contributed by atoms with E-state index in [4.69, 9.17) is 17.0 Å². The normalized spacial score (nSPS) is 30.8. The van der Waals surface area contributed by atoms with Crippen molar-refractivity contribution in [3.05, 3.63) is 82.9 Å². The second kappa shape index (κ2) is 7.13. The summed E-state index contributed by atoms with van der Waals surface area (Å²) in [5.41, 5.74) is 5.63. The quantitative estimate of drug-likeness (QED) is 0.314. The standard InChI is InChI=1S/2C13H15Si.C2H4.2ClH.Zr/c2*1-14(9-4-10-14)13-8-7-11-5-2-3-6-12(11)13;1-2;;;/h2*2-3,5-8H,4,9-10H2,1H3;1H,2H3;2*1H;/q;;;;;+2/p-2. The fourth-order valence-corrected chi connectivity index (χ4v) is 72.0. The molecule has 172 valence electrons. The van der Waals surface area contributed by atoms with Gasteiger partial charge in [0.25, 0.3) is 0 Å². The van der Waals surface area contributed by atoms with E-state index >= 15 is 0 Å². The summed E-state index contributed by atoms with van der Waals surface area (Å²) in [6, 6.07) is 23.5. The number of fused-ring (bicyclic) bond motifs is 2.